The number of aliphatic hydroxyl groups excluding tert-OH is 1. The zero-order chi connectivity index (χ0) is 16.0. The first-order valence-corrected chi connectivity index (χ1v) is 6.35. The van der Waals surface area contributed by atoms with Crippen LogP contribution in [0.5, 0.6) is 28.7 Å². The van der Waals surface area contributed by atoms with Crippen molar-refractivity contribution in [3.8, 4) is 28.7 Å². The number of hydrogen-bond donors (Lipinski definition) is 5. The number of benzene rings is 2. The minimum atomic E-state index is -1.68. The highest BCUT2D eigenvalue weighted by Crippen LogP contribution is 2.43. The van der Waals surface area contributed by atoms with Crippen LogP contribution in [0.1, 0.15) is 22.0 Å². The predicted molar refractivity (Wildman–Crippen MR) is 73.2 cm³/mol. The van der Waals surface area contributed by atoms with Gasteiger partial charge in [0.1, 0.15) is 34.3 Å². The van der Waals surface area contributed by atoms with Gasteiger partial charge in [-0.05, 0) is 18.2 Å². The lowest BCUT2D eigenvalue weighted by Crippen LogP contribution is -2.36. The molecule has 0 fully saturated rings. The van der Waals surface area contributed by atoms with Gasteiger partial charge in [-0.1, -0.05) is 0 Å². The monoisotopic (exact) mass is 304 g/mol. The number of aromatic hydroxyl groups is 4. The van der Waals surface area contributed by atoms with E-state index in [1.807, 2.05) is 0 Å². The number of carbonyl (C=O) groups excluding carboxylic acids is 1. The molecule has 22 heavy (non-hydrogen) atoms. The number of phenolic OH excluding ortho intramolecular Hbond substituents is 4. The van der Waals surface area contributed by atoms with Gasteiger partial charge < -0.3 is 30.3 Å². The SMILES string of the molecule is O=C1c2c(O)cc(O)cc2O[C@@H](c2cc(O)ccc2O)[C@@H]1O. The van der Waals surface area contributed by atoms with Crippen molar-refractivity contribution in [2.75, 3.05) is 0 Å². The average Bonchev–Trinajstić information content (AvgIpc) is 2.45. The summed E-state index contributed by atoms with van der Waals surface area (Å²) in [5.41, 5.74) is -0.240. The molecule has 7 nitrogen and oxygen atoms in total. The van der Waals surface area contributed by atoms with E-state index in [1.165, 1.54) is 12.1 Å². The van der Waals surface area contributed by atoms with Gasteiger partial charge in [-0.2, -0.15) is 0 Å². The van der Waals surface area contributed by atoms with Gasteiger partial charge in [-0.3, -0.25) is 4.79 Å². The van der Waals surface area contributed by atoms with Crippen LogP contribution >= 0.6 is 0 Å². The quantitative estimate of drug-likeness (QED) is 0.501. The maximum absolute atomic E-state index is 12.2. The molecule has 0 spiro atoms. The van der Waals surface area contributed by atoms with Crippen molar-refractivity contribution in [3.05, 3.63) is 41.5 Å². The van der Waals surface area contributed by atoms with Gasteiger partial charge in [-0.15, -0.1) is 0 Å². The highest BCUT2D eigenvalue weighted by molar-refractivity contribution is 6.05. The van der Waals surface area contributed by atoms with Crippen molar-refractivity contribution >= 4 is 5.78 Å². The number of rotatable bonds is 1. The molecule has 0 radical (unpaired) electrons. The number of ketones is 1. The van der Waals surface area contributed by atoms with Crippen molar-refractivity contribution in [2.45, 2.75) is 12.2 Å². The number of ether oxygens (including phenoxy) is 1. The molecule has 2 atom stereocenters. The molecule has 0 amide bonds. The Morgan fingerprint density at radius 2 is 1.64 bits per heavy atom. The number of phenols is 4. The van der Waals surface area contributed by atoms with Crippen LogP contribution in [0, 0.1) is 0 Å². The van der Waals surface area contributed by atoms with E-state index in [-0.39, 0.29) is 34.1 Å². The van der Waals surface area contributed by atoms with Gasteiger partial charge in [0, 0.05) is 17.7 Å². The number of fused-ring (bicyclic) bond motifs is 1. The van der Waals surface area contributed by atoms with Crippen molar-refractivity contribution in [1.29, 1.82) is 0 Å². The molecule has 0 aliphatic carbocycles. The fraction of sp³-hybridized carbons (Fsp3) is 0.133. The average molecular weight is 304 g/mol. The maximum atomic E-state index is 12.2. The summed E-state index contributed by atoms with van der Waals surface area (Å²) >= 11 is 0. The molecule has 1 heterocycles. The molecule has 3 rings (SSSR count). The summed E-state index contributed by atoms with van der Waals surface area (Å²) in [6.45, 7) is 0. The molecule has 7 heteroatoms. The van der Waals surface area contributed by atoms with Crippen LogP contribution in [-0.4, -0.2) is 37.4 Å². The van der Waals surface area contributed by atoms with Crippen LogP contribution in [0.15, 0.2) is 30.3 Å². The first-order chi connectivity index (χ1) is 10.4. The van der Waals surface area contributed by atoms with Gasteiger partial charge in [0.15, 0.2) is 12.2 Å². The molecule has 0 unspecified atom stereocenters. The molecule has 0 saturated heterocycles. The van der Waals surface area contributed by atoms with E-state index < -0.39 is 23.7 Å². The standard InChI is InChI=1S/C15H12O7/c16-6-1-2-9(18)8(3-6)15-14(21)13(20)12-10(19)4-7(17)5-11(12)22-15/h1-5,14-19,21H/t14-,15+/m1/s1. The summed E-state index contributed by atoms with van der Waals surface area (Å²) in [5, 5.41) is 48.6. The van der Waals surface area contributed by atoms with Crippen LogP contribution in [0.3, 0.4) is 0 Å². The van der Waals surface area contributed by atoms with Gasteiger partial charge in [0.25, 0.3) is 0 Å². The second-order valence-corrected chi connectivity index (χ2v) is 4.93. The second kappa shape index (κ2) is 4.81. The van der Waals surface area contributed by atoms with E-state index in [4.69, 9.17) is 4.74 Å². The fourth-order valence-electron chi connectivity index (χ4n) is 2.42. The van der Waals surface area contributed by atoms with E-state index in [0.717, 1.165) is 18.2 Å². The first-order valence-electron chi connectivity index (χ1n) is 6.35. The molecule has 2 aromatic rings. The Bertz CT molecular complexity index is 769. The zero-order valence-electron chi connectivity index (χ0n) is 11.1. The lowest BCUT2D eigenvalue weighted by molar-refractivity contribution is 0.0202. The smallest absolute Gasteiger partial charge is 0.202 e. The molecule has 1 aliphatic heterocycles. The molecular formula is C15H12O7. The molecule has 0 aromatic heterocycles. The molecule has 114 valence electrons. The molecule has 2 aromatic carbocycles. The third kappa shape index (κ3) is 2.08. The minimum absolute atomic E-state index is 0.00864. The third-order valence-corrected chi connectivity index (χ3v) is 3.44. The normalized spacial score (nSPS) is 20.3. The van der Waals surface area contributed by atoms with Crippen molar-refractivity contribution in [2.24, 2.45) is 0 Å². The van der Waals surface area contributed by atoms with Crippen LogP contribution in [0.25, 0.3) is 0 Å². The topological polar surface area (TPSA) is 127 Å². The minimum Gasteiger partial charge on any atom is -0.508 e. The Kier molecular flexibility index (Phi) is 3.07. The molecule has 1 aliphatic rings. The fourth-order valence-corrected chi connectivity index (χ4v) is 2.42. The van der Waals surface area contributed by atoms with Gasteiger partial charge >= 0.3 is 0 Å². The Hall–Kier alpha value is -2.93. The summed E-state index contributed by atoms with van der Waals surface area (Å²) in [7, 11) is 0. The Morgan fingerprint density at radius 1 is 0.909 bits per heavy atom. The van der Waals surface area contributed by atoms with E-state index in [2.05, 4.69) is 0 Å². The van der Waals surface area contributed by atoms with Crippen LogP contribution in [0.2, 0.25) is 0 Å². The van der Waals surface area contributed by atoms with Crippen molar-refractivity contribution < 1.29 is 35.1 Å². The van der Waals surface area contributed by atoms with Crippen molar-refractivity contribution in [3.63, 3.8) is 0 Å². The summed E-state index contributed by atoms with van der Waals surface area (Å²) in [6, 6.07) is 5.66. The second-order valence-electron chi connectivity index (χ2n) is 4.93. The van der Waals surface area contributed by atoms with Crippen molar-refractivity contribution in [1.82, 2.24) is 0 Å². The molecular weight excluding hydrogens is 292 g/mol. The molecule has 0 bridgehead atoms. The Labute approximate surface area is 124 Å². The number of aliphatic hydroxyl groups is 1. The summed E-state index contributed by atoms with van der Waals surface area (Å²) in [6.07, 6.45) is -2.97. The highest BCUT2D eigenvalue weighted by atomic mass is 16.5. The van der Waals surface area contributed by atoms with E-state index >= 15 is 0 Å². The maximum Gasteiger partial charge on any atom is 0.202 e. The zero-order valence-corrected chi connectivity index (χ0v) is 11.1. The van der Waals surface area contributed by atoms with Gasteiger partial charge in [0.2, 0.25) is 5.78 Å². The van der Waals surface area contributed by atoms with E-state index in [1.54, 1.807) is 0 Å². The van der Waals surface area contributed by atoms with Crippen LogP contribution in [-0.2, 0) is 0 Å². The Morgan fingerprint density at radius 3 is 2.36 bits per heavy atom. The largest absolute Gasteiger partial charge is 0.508 e. The summed E-state index contributed by atoms with van der Waals surface area (Å²) in [4.78, 5) is 12.2. The first kappa shape index (κ1) is 14.0. The van der Waals surface area contributed by atoms with Gasteiger partial charge in [-0.25, -0.2) is 0 Å². The number of Topliss-reactive ketones (excluding diaryl/α,β-unsaturated/α-hetero) is 1. The number of hydrogen-bond acceptors (Lipinski definition) is 7. The summed E-state index contributed by atoms with van der Waals surface area (Å²) in [5.74, 6) is -2.23. The summed E-state index contributed by atoms with van der Waals surface area (Å²) < 4.78 is 5.44. The molecule has 5 N–H and O–H groups in total. The lowest BCUT2D eigenvalue weighted by atomic mass is 9.92. The van der Waals surface area contributed by atoms with Gasteiger partial charge in [0.05, 0.1) is 0 Å². The number of carbonyl (C=O) groups is 1. The highest BCUT2D eigenvalue weighted by Gasteiger charge is 2.40. The molecule has 0 saturated carbocycles. The van der Waals surface area contributed by atoms with Crippen LogP contribution in [0.4, 0.5) is 0 Å². The third-order valence-electron chi connectivity index (χ3n) is 3.44. The predicted octanol–water partition coefficient (Wildman–Crippen LogP) is 1.19. The lowest BCUT2D eigenvalue weighted by Gasteiger charge is -2.30. The van der Waals surface area contributed by atoms with Crippen LogP contribution < -0.4 is 4.74 Å². The van der Waals surface area contributed by atoms with E-state index in [0.29, 0.717) is 0 Å². The Balaban J connectivity index is 2.13. The van der Waals surface area contributed by atoms with E-state index in [9.17, 15) is 30.3 Å².